The lowest BCUT2D eigenvalue weighted by atomic mass is 10.2. The number of amides is 1. The number of para-hydroxylation sites is 2. The molecule has 0 saturated carbocycles. The van der Waals surface area contributed by atoms with Crippen LogP contribution in [0.25, 0.3) is 17.1 Å². The summed E-state index contributed by atoms with van der Waals surface area (Å²) in [5.74, 6) is 1.76. The van der Waals surface area contributed by atoms with Gasteiger partial charge < -0.3 is 14.6 Å². The van der Waals surface area contributed by atoms with Crippen LogP contribution >= 0.6 is 0 Å². The quantitative estimate of drug-likeness (QED) is 0.514. The van der Waals surface area contributed by atoms with Crippen molar-refractivity contribution in [3.05, 3.63) is 66.0 Å². The van der Waals surface area contributed by atoms with Crippen LogP contribution in [0.15, 0.2) is 54.6 Å². The molecule has 3 aromatic rings. The fourth-order valence-corrected chi connectivity index (χ4v) is 3.21. The third-order valence-electron chi connectivity index (χ3n) is 4.61. The van der Waals surface area contributed by atoms with Crippen molar-refractivity contribution >= 4 is 23.0 Å². The van der Waals surface area contributed by atoms with Crippen molar-refractivity contribution in [3.8, 4) is 5.75 Å². The maximum absolute atomic E-state index is 12.1. The minimum absolute atomic E-state index is 0.102. The number of nitrogens with one attached hydrogen (secondary N) is 1. The molecule has 0 unspecified atom stereocenters. The van der Waals surface area contributed by atoms with E-state index in [1.54, 1.807) is 6.08 Å². The van der Waals surface area contributed by atoms with Gasteiger partial charge in [-0.3, -0.25) is 4.79 Å². The SMILES string of the molecule is CCCOc1ccc(/C=C/C(=O)NCCc2nc3ccccc3n2CCC)cc1. The number of benzene rings is 2. The molecule has 2 aromatic carbocycles. The summed E-state index contributed by atoms with van der Waals surface area (Å²) in [5, 5.41) is 2.95. The fourth-order valence-electron chi connectivity index (χ4n) is 3.21. The fraction of sp³-hybridized carbons (Fsp3) is 0.333. The Morgan fingerprint density at radius 2 is 1.90 bits per heavy atom. The molecule has 1 aromatic heterocycles. The molecule has 1 N–H and O–H groups in total. The molecular formula is C24H29N3O2. The summed E-state index contributed by atoms with van der Waals surface area (Å²) >= 11 is 0. The Labute approximate surface area is 172 Å². The van der Waals surface area contributed by atoms with Crippen LogP contribution < -0.4 is 10.1 Å². The van der Waals surface area contributed by atoms with Crippen molar-refractivity contribution in [2.24, 2.45) is 0 Å². The Balaban J connectivity index is 1.53. The highest BCUT2D eigenvalue weighted by Gasteiger charge is 2.09. The molecule has 0 radical (unpaired) electrons. The Morgan fingerprint density at radius 1 is 1.10 bits per heavy atom. The average molecular weight is 392 g/mol. The molecule has 152 valence electrons. The Hall–Kier alpha value is -3.08. The number of carbonyl (C=O) groups excluding carboxylic acids is 1. The molecule has 0 bridgehead atoms. The van der Waals surface area contributed by atoms with Crippen LogP contribution in [0, 0.1) is 0 Å². The van der Waals surface area contributed by atoms with Crippen LogP contribution in [0.5, 0.6) is 5.75 Å². The topological polar surface area (TPSA) is 56.1 Å². The molecule has 5 heteroatoms. The van der Waals surface area contributed by atoms with E-state index < -0.39 is 0 Å². The summed E-state index contributed by atoms with van der Waals surface area (Å²) in [6, 6.07) is 15.9. The number of carbonyl (C=O) groups is 1. The molecule has 5 nitrogen and oxygen atoms in total. The number of aromatic nitrogens is 2. The molecular weight excluding hydrogens is 362 g/mol. The zero-order chi connectivity index (χ0) is 20.5. The van der Waals surface area contributed by atoms with Crippen LogP contribution in [-0.4, -0.2) is 28.6 Å². The molecule has 3 rings (SSSR count). The first-order valence-electron chi connectivity index (χ1n) is 10.3. The van der Waals surface area contributed by atoms with Crippen LogP contribution in [0.1, 0.15) is 38.1 Å². The van der Waals surface area contributed by atoms with E-state index in [-0.39, 0.29) is 5.91 Å². The summed E-state index contributed by atoms with van der Waals surface area (Å²) in [7, 11) is 0. The first-order chi connectivity index (χ1) is 14.2. The standard InChI is InChI=1S/C24H29N3O2/c1-3-17-27-22-8-6-5-7-21(22)26-23(27)15-16-25-24(28)14-11-19-9-12-20(13-10-19)29-18-4-2/h5-14H,3-4,15-18H2,1-2H3,(H,25,28)/b14-11+. The van der Waals surface area contributed by atoms with Gasteiger partial charge in [-0.15, -0.1) is 0 Å². The lowest BCUT2D eigenvalue weighted by Gasteiger charge is -2.08. The Kier molecular flexibility index (Phi) is 7.45. The molecule has 0 aliphatic heterocycles. The maximum atomic E-state index is 12.1. The number of imidazole rings is 1. The molecule has 0 spiro atoms. The second-order valence-corrected chi connectivity index (χ2v) is 6.96. The summed E-state index contributed by atoms with van der Waals surface area (Å²) in [5.41, 5.74) is 3.13. The highest BCUT2D eigenvalue weighted by molar-refractivity contribution is 5.91. The van der Waals surface area contributed by atoms with Crippen molar-refractivity contribution in [2.75, 3.05) is 13.2 Å². The van der Waals surface area contributed by atoms with E-state index in [4.69, 9.17) is 9.72 Å². The van der Waals surface area contributed by atoms with Crippen molar-refractivity contribution in [1.29, 1.82) is 0 Å². The summed E-state index contributed by atoms with van der Waals surface area (Å²) in [6.45, 7) is 6.44. The zero-order valence-corrected chi connectivity index (χ0v) is 17.2. The minimum Gasteiger partial charge on any atom is -0.494 e. The number of hydrogen-bond acceptors (Lipinski definition) is 3. The number of fused-ring (bicyclic) bond motifs is 1. The lowest BCUT2D eigenvalue weighted by molar-refractivity contribution is -0.116. The zero-order valence-electron chi connectivity index (χ0n) is 17.2. The largest absolute Gasteiger partial charge is 0.494 e. The van der Waals surface area contributed by atoms with Gasteiger partial charge in [0, 0.05) is 25.6 Å². The van der Waals surface area contributed by atoms with Gasteiger partial charge in [0.1, 0.15) is 11.6 Å². The van der Waals surface area contributed by atoms with E-state index in [0.29, 0.717) is 19.6 Å². The molecule has 1 heterocycles. The van der Waals surface area contributed by atoms with Gasteiger partial charge in [0.15, 0.2) is 0 Å². The number of rotatable bonds is 10. The summed E-state index contributed by atoms with van der Waals surface area (Å²) in [4.78, 5) is 16.9. The molecule has 0 aliphatic carbocycles. The first kappa shape index (κ1) is 20.6. The highest BCUT2D eigenvalue weighted by atomic mass is 16.5. The molecule has 0 aliphatic rings. The first-order valence-corrected chi connectivity index (χ1v) is 10.3. The van der Waals surface area contributed by atoms with Gasteiger partial charge in [-0.25, -0.2) is 4.98 Å². The van der Waals surface area contributed by atoms with E-state index in [1.807, 2.05) is 48.5 Å². The van der Waals surface area contributed by atoms with Crippen molar-refractivity contribution in [1.82, 2.24) is 14.9 Å². The predicted octanol–water partition coefficient (Wildman–Crippen LogP) is 4.61. The van der Waals surface area contributed by atoms with Gasteiger partial charge in [-0.05, 0) is 48.7 Å². The van der Waals surface area contributed by atoms with Gasteiger partial charge in [-0.2, -0.15) is 0 Å². The normalized spacial score (nSPS) is 11.2. The predicted molar refractivity (Wildman–Crippen MR) is 118 cm³/mol. The number of hydrogen-bond donors (Lipinski definition) is 1. The second-order valence-electron chi connectivity index (χ2n) is 6.96. The van der Waals surface area contributed by atoms with Gasteiger partial charge in [0.25, 0.3) is 0 Å². The molecule has 1 amide bonds. The van der Waals surface area contributed by atoms with Crippen molar-refractivity contribution < 1.29 is 9.53 Å². The average Bonchev–Trinajstić information content (AvgIpc) is 3.09. The van der Waals surface area contributed by atoms with Crippen molar-refractivity contribution in [2.45, 2.75) is 39.7 Å². The third-order valence-corrected chi connectivity index (χ3v) is 4.61. The lowest BCUT2D eigenvalue weighted by Crippen LogP contribution is -2.24. The van der Waals surface area contributed by atoms with Gasteiger partial charge >= 0.3 is 0 Å². The van der Waals surface area contributed by atoms with Gasteiger partial charge in [-0.1, -0.05) is 38.1 Å². The minimum atomic E-state index is -0.102. The van der Waals surface area contributed by atoms with E-state index in [9.17, 15) is 4.79 Å². The van der Waals surface area contributed by atoms with Crippen LogP contribution in [0.2, 0.25) is 0 Å². The van der Waals surface area contributed by atoms with Crippen LogP contribution in [-0.2, 0) is 17.8 Å². The Morgan fingerprint density at radius 3 is 2.66 bits per heavy atom. The second kappa shape index (κ2) is 10.5. The molecule has 0 atom stereocenters. The molecule has 0 fully saturated rings. The van der Waals surface area contributed by atoms with Crippen LogP contribution in [0.4, 0.5) is 0 Å². The summed E-state index contributed by atoms with van der Waals surface area (Å²) in [6.07, 6.45) is 6.11. The smallest absolute Gasteiger partial charge is 0.244 e. The summed E-state index contributed by atoms with van der Waals surface area (Å²) < 4.78 is 7.82. The van der Waals surface area contributed by atoms with E-state index in [0.717, 1.165) is 47.6 Å². The van der Waals surface area contributed by atoms with E-state index in [1.165, 1.54) is 0 Å². The van der Waals surface area contributed by atoms with E-state index in [2.05, 4.69) is 29.8 Å². The third kappa shape index (κ3) is 5.70. The van der Waals surface area contributed by atoms with Crippen LogP contribution in [0.3, 0.4) is 0 Å². The highest BCUT2D eigenvalue weighted by Crippen LogP contribution is 2.17. The number of nitrogens with zero attached hydrogens (tertiary/aromatic N) is 2. The maximum Gasteiger partial charge on any atom is 0.244 e. The molecule has 29 heavy (non-hydrogen) atoms. The van der Waals surface area contributed by atoms with Gasteiger partial charge in [0.05, 0.1) is 17.6 Å². The van der Waals surface area contributed by atoms with Crippen molar-refractivity contribution in [3.63, 3.8) is 0 Å². The Bertz CT molecular complexity index is 958. The molecule has 0 saturated heterocycles. The number of ether oxygens (including phenoxy) is 1. The van der Waals surface area contributed by atoms with Gasteiger partial charge in [0.2, 0.25) is 5.91 Å². The monoisotopic (exact) mass is 391 g/mol. The number of aryl methyl sites for hydroxylation is 1. The van der Waals surface area contributed by atoms with E-state index >= 15 is 0 Å².